The Morgan fingerprint density at radius 2 is 1.58 bits per heavy atom. The predicted octanol–water partition coefficient (Wildman–Crippen LogP) is 4.49. The normalized spacial score (nSPS) is 11.1. The van der Waals surface area contributed by atoms with Crippen LogP contribution in [0.25, 0.3) is 11.3 Å². The summed E-state index contributed by atoms with van der Waals surface area (Å²) < 4.78 is 0. The molecule has 0 amide bonds. The number of hydrogen-bond donors (Lipinski definition) is 2. The Balaban J connectivity index is 1.99. The van der Waals surface area contributed by atoms with Crippen LogP contribution in [0.3, 0.4) is 0 Å². The summed E-state index contributed by atoms with van der Waals surface area (Å²) in [4.78, 5) is 13.3. The highest BCUT2D eigenvalue weighted by Gasteiger charge is 2.14. The average molecular weight is 319 g/mol. The Morgan fingerprint density at radius 1 is 0.875 bits per heavy atom. The number of hydrogen-bond acceptors (Lipinski definition) is 5. The fourth-order valence-electron chi connectivity index (χ4n) is 2.24. The predicted molar refractivity (Wildman–Crippen MR) is 98.4 cm³/mol. The van der Waals surface area contributed by atoms with Crippen LogP contribution in [0.1, 0.15) is 20.8 Å². The number of nitrogens with zero attached hydrogens (tertiary/aromatic N) is 3. The van der Waals surface area contributed by atoms with Crippen LogP contribution in [0.15, 0.2) is 60.9 Å². The lowest BCUT2D eigenvalue weighted by molar-refractivity contribution is 0.626. The second-order valence-electron chi connectivity index (χ2n) is 6.56. The van der Waals surface area contributed by atoms with E-state index in [9.17, 15) is 0 Å². The van der Waals surface area contributed by atoms with Crippen molar-refractivity contribution in [1.29, 1.82) is 0 Å². The highest BCUT2D eigenvalue weighted by Crippen LogP contribution is 2.24. The van der Waals surface area contributed by atoms with Crippen LogP contribution in [0.4, 0.5) is 17.5 Å². The molecule has 0 unspecified atom stereocenters. The molecule has 0 atom stereocenters. The molecule has 2 heterocycles. The van der Waals surface area contributed by atoms with Gasteiger partial charge in [0.25, 0.3) is 0 Å². The van der Waals surface area contributed by atoms with Crippen molar-refractivity contribution in [1.82, 2.24) is 15.0 Å². The van der Waals surface area contributed by atoms with E-state index >= 15 is 0 Å². The van der Waals surface area contributed by atoms with Crippen molar-refractivity contribution in [3.63, 3.8) is 0 Å². The van der Waals surface area contributed by atoms with E-state index < -0.39 is 0 Å². The van der Waals surface area contributed by atoms with Crippen LogP contribution in [0.5, 0.6) is 0 Å². The number of benzene rings is 1. The van der Waals surface area contributed by atoms with Crippen LogP contribution in [-0.4, -0.2) is 20.5 Å². The Bertz CT molecular complexity index is 795. The lowest BCUT2D eigenvalue weighted by atomic mass is 10.1. The molecule has 24 heavy (non-hydrogen) atoms. The molecule has 5 nitrogen and oxygen atoms in total. The average Bonchev–Trinajstić information content (AvgIpc) is 2.55. The SMILES string of the molecule is CC(C)(C)Nc1nc(Nc2ccccc2)cc(-c2ccncc2)n1. The zero-order valence-electron chi connectivity index (χ0n) is 14.1. The monoisotopic (exact) mass is 319 g/mol. The fraction of sp³-hybridized carbons (Fsp3) is 0.211. The minimum atomic E-state index is -0.124. The molecular weight excluding hydrogens is 298 g/mol. The Hall–Kier alpha value is -2.95. The zero-order chi connectivity index (χ0) is 17.0. The maximum absolute atomic E-state index is 4.64. The maximum atomic E-state index is 4.64. The maximum Gasteiger partial charge on any atom is 0.225 e. The summed E-state index contributed by atoms with van der Waals surface area (Å²) in [7, 11) is 0. The van der Waals surface area contributed by atoms with Gasteiger partial charge in [0, 0.05) is 35.2 Å². The van der Waals surface area contributed by atoms with Crippen LogP contribution >= 0.6 is 0 Å². The molecule has 0 radical (unpaired) electrons. The van der Waals surface area contributed by atoms with Gasteiger partial charge in [-0.1, -0.05) is 18.2 Å². The number of anilines is 3. The van der Waals surface area contributed by atoms with Gasteiger partial charge in [0.05, 0.1) is 5.69 Å². The van der Waals surface area contributed by atoms with E-state index in [1.807, 2.05) is 48.5 Å². The summed E-state index contributed by atoms with van der Waals surface area (Å²) >= 11 is 0. The van der Waals surface area contributed by atoms with Gasteiger partial charge in [-0.3, -0.25) is 4.98 Å². The van der Waals surface area contributed by atoms with Crippen molar-refractivity contribution < 1.29 is 0 Å². The van der Waals surface area contributed by atoms with Gasteiger partial charge in [0.1, 0.15) is 5.82 Å². The molecule has 0 aliphatic heterocycles. The smallest absolute Gasteiger partial charge is 0.225 e. The third-order valence-corrected chi connectivity index (χ3v) is 3.24. The molecule has 0 aliphatic rings. The Labute approximate surface area is 142 Å². The molecule has 0 saturated heterocycles. The van der Waals surface area contributed by atoms with Crippen molar-refractivity contribution in [2.45, 2.75) is 26.3 Å². The molecule has 0 aliphatic carbocycles. The summed E-state index contributed by atoms with van der Waals surface area (Å²) in [6, 6.07) is 15.8. The van der Waals surface area contributed by atoms with Gasteiger partial charge in [-0.05, 0) is 45.0 Å². The second kappa shape index (κ2) is 6.66. The first-order valence-corrected chi connectivity index (χ1v) is 7.89. The van der Waals surface area contributed by atoms with Crippen molar-refractivity contribution in [3.05, 3.63) is 60.9 Å². The minimum absolute atomic E-state index is 0.124. The first kappa shape index (κ1) is 15.9. The van der Waals surface area contributed by atoms with Crippen LogP contribution < -0.4 is 10.6 Å². The highest BCUT2D eigenvalue weighted by molar-refractivity contribution is 5.67. The number of nitrogens with one attached hydrogen (secondary N) is 2. The number of aromatic nitrogens is 3. The molecule has 122 valence electrons. The van der Waals surface area contributed by atoms with Crippen molar-refractivity contribution in [2.75, 3.05) is 10.6 Å². The van der Waals surface area contributed by atoms with Gasteiger partial charge in [0.2, 0.25) is 5.95 Å². The van der Waals surface area contributed by atoms with E-state index in [1.165, 1.54) is 0 Å². The van der Waals surface area contributed by atoms with E-state index in [4.69, 9.17) is 0 Å². The summed E-state index contributed by atoms with van der Waals surface area (Å²) in [5.41, 5.74) is 2.71. The molecule has 2 aromatic heterocycles. The minimum Gasteiger partial charge on any atom is -0.350 e. The van der Waals surface area contributed by atoms with E-state index in [0.29, 0.717) is 5.95 Å². The first-order valence-electron chi connectivity index (χ1n) is 7.89. The Kier molecular flexibility index (Phi) is 4.42. The standard InChI is InChI=1S/C19H21N5/c1-19(2,3)24-18-22-16(14-9-11-20-12-10-14)13-17(23-18)21-15-7-5-4-6-8-15/h4-13H,1-3H3,(H2,21,22,23,24). The molecule has 0 fully saturated rings. The van der Waals surface area contributed by atoms with Gasteiger partial charge >= 0.3 is 0 Å². The number of pyridine rings is 1. The van der Waals surface area contributed by atoms with Gasteiger partial charge in [-0.15, -0.1) is 0 Å². The summed E-state index contributed by atoms with van der Waals surface area (Å²) in [6.45, 7) is 6.25. The van der Waals surface area contributed by atoms with E-state index in [2.05, 4.69) is 46.4 Å². The van der Waals surface area contributed by atoms with Gasteiger partial charge < -0.3 is 10.6 Å². The van der Waals surface area contributed by atoms with Gasteiger partial charge in [-0.2, -0.15) is 4.98 Å². The summed E-state index contributed by atoms with van der Waals surface area (Å²) in [6.07, 6.45) is 3.52. The van der Waals surface area contributed by atoms with Crippen LogP contribution in [-0.2, 0) is 0 Å². The van der Waals surface area contributed by atoms with E-state index in [-0.39, 0.29) is 5.54 Å². The summed E-state index contributed by atoms with van der Waals surface area (Å²) in [5.74, 6) is 1.34. The molecule has 1 aromatic carbocycles. The van der Waals surface area contributed by atoms with Crippen LogP contribution in [0, 0.1) is 0 Å². The topological polar surface area (TPSA) is 62.7 Å². The molecule has 5 heteroatoms. The number of rotatable bonds is 4. The zero-order valence-corrected chi connectivity index (χ0v) is 14.1. The van der Waals surface area contributed by atoms with E-state index in [1.54, 1.807) is 12.4 Å². The van der Waals surface area contributed by atoms with Gasteiger partial charge in [0.15, 0.2) is 0 Å². The van der Waals surface area contributed by atoms with Crippen LogP contribution in [0.2, 0.25) is 0 Å². The quantitative estimate of drug-likeness (QED) is 0.741. The fourth-order valence-corrected chi connectivity index (χ4v) is 2.24. The molecule has 2 N–H and O–H groups in total. The lowest BCUT2D eigenvalue weighted by Crippen LogP contribution is -2.27. The van der Waals surface area contributed by atoms with Crippen molar-refractivity contribution in [3.8, 4) is 11.3 Å². The van der Waals surface area contributed by atoms with E-state index in [0.717, 1.165) is 22.8 Å². The number of para-hydroxylation sites is 1. The highest BCUT2D eigenvalue weighted by atomic mass is 15.2. The van der Waals surface area contributed by atoms with Crippen molar-refractivity contribution in [2.24, 2.45) is 0 Å². The third-order valence-electron chi connectivity index (χ3n) is 3.24. The molecule has 0 spiro atoms. The largest absolute Gasteiger partial charge is 0.350 e. The molecule has 3 aromatic rings. The second-order valence-corrected chi connectivity index (χ2v) is 6.56. The third kappa shape index (κ3) is 4.29. The van der Waals surface area contributed by atoms with Gasteiger partial charge in [-0.25, -0.2) is 4.98 Å². The Morgan fingerprint density at radius 3 is 2.25 bits per heavy atom. The molecular formula is C19H21N5. The molecule has 3 rings (SSSR count). The first-order chi connectivity index (χ1) is 11.5. The summed E-state index contributed by atoms with van der Waals surface area (Å²) in [5, 5.41) is 6.67. The lowest BCUT2D eigenvalue weighted by Gasteiger charge is -2.21. The van der Waals surface area contributed by atoms with Crippen molar-refractivity contribution >= 4 is 17.5 Å². The molecule has 0 saturated carbocycles. The molecule has 0 bridgehead atoms.